The van der Waals surface area contributed by atoms with Gasteiger partial charge in [-0.05, 0) is 44.6 Å². The molecule has 1 amide bonds. The summed E-state index contributed by atoms with van der Waals surface area (Å²) in [6.45, 7) is 4.96. The summed E-state index contributed by atoms with van der Waals surface area (Å²) in [7, 11) is 3.90. The van der Waals surface area contributed by atoms with Crippen molar-refractivity contribution in [2.45, 2.75) is 13.3 Å². The molecule has 0 spiro atoms. The molecule has 0 radical (unpaired) electrons. The van der Waals surface area contributed by atoms with Crippen molar-refractivity contribution >= 4 is 23.4 Å². The van der Waals surface area contributed by atoms with Gasteiger partial charge in [0.1, 0.15) is 11.4 Å². The zero-order valence-electron chi connectivity index (χ0n) is 15.6. The third kappa shape index (κ3) is 3.77. The number of nitrogens with zero attached hydrogens (tertiary/aromatic N) is 4. The van der Waals surface area contributed by atoms with Crippen molar-refractivity contribution in [1.82, 2.24) is 15.3 Å². The van der Waals surface area contributed by atoms with Crippen LogP contribution in [-0.2, 0) is 6.42 Å². The highest BCUT2D eigenvalue weighted by molar-refractivity contribution is 6.09. The van der Waals surface area contributed by atoms with E-state index in [0.717, 1.165) is 25.2 Å². The van der Waals surface area contributed by atoms with Gasteiger partial charge in [0.25, 0.3) is 5.91 Å². The van der Waals surface area contributed by atoms with Gasteiger partial charge in [-0.25, -0.2) is 4.98 Å². The molecule has 0 saturated heterocycles. The van der Waals surface area contributed by atoms with E-state index in [0.29, 0.717) is 30.4 Å². The summed E-state index contributed by atoms with van der Waals surface area (Å²) >= 11 is 0. The predicted octanol–water partition coefficient (Wildman–Crippen LogP) is 1.77. The molecule has 1 aliphatic rings. The minimum absolute atomic E-state index is 0.0573. The minimum Gasteiger partial charge on any atom is -0.357 e. The van der Waals surface area contributed by atoms with Crippen LogP contribution in [0.5, 0.6) is 0 Å². The molecule has 7 nitrogen and oxygen atoms in total. The van der Waals surface area contributed by atoms with E-state index in [4.69, 9.17) is 0 Å². The minimum atomic E-state index is -0.0573. The molecule has 1 aliphatic heterocycles. The molecule has 0 fully saturated rings. The first-order chi connectivity index (χ1) is 12.6. The largest absolute Gasteiger partial charge is 0.357 e. The maximum Gasteiger partial charge on any atom is 0.263 e. The van der Waals surface area contributed by atoms with Gasteiger partial charge in [-0.3, -0.25) is 4.79 Å². The second-order valence-electron chi connectivity index (χ2n) is 6.36. The van der Waals surface area contributed by atoms with Crippen LogP contribution in [-0.4, -0.2) is 56.1 Å². The van der Waals surface area contributed by atoms with Gasteiger partial charge in [0.15, 0.2) is 0 Å². The van der Waals surface area contributed by atoms with E-state index < -0.39 is 0 Å². The van der Waals surface area contributed by atoms with E-state index in [1.165, 1.54) is 5.56 Å². The van der Waals surface area contributed by atoms with Gasteiger partial charge in [0.2, 0.25) is 5.95 Å². The molecule has 0 saturated carbocycles. The van der Waals surface area contributed by atoms with Gasteiger partial charge in [-0.15, -0.1) is 0 Å². The summed E-state index contributed by atoms with van der Waals surface area (Å²) in [4.78, 5) is 25.8. The Morgan fingerprint density at radius 2 is 2.12 bits per heavy atom. The third-order valence-electron chi connectivity index (χ3n) is 4.49. The maximum absolute atomic E-state index is 13.2. The molecule has 1 aromatic heterocycles. The number of nitrogens with one attached hydrogen (secondary N) is 2. The van der Waals surface area contributed by atoms with Gasteiger partial charge in [0.05, 0.1) is 0 Å². The quantitative estimate of drug-likeness (QED) is 0.824. The van der Waals surface area contributed by atoms with Crippen molar-refractivity contribution in [3.05, 3.63) is 41.6 Å². The highest BCUT2D eigenvalue weighted by Crippen LogP contribution is 2.26. The van der Waals surface area contributed by atoms with Gasteiger partial charge >= 0.3 is 0 Å². The number of aromatic nitrogens is 2. The summed E-state index contributed by atoms with van der Waals surface area (Å²) in [5.41, 5.74) is 2.66. The smallest absolute Gasteiger partial charge is 0.263 e. The van der Waals surface area contributed by atoms with Crippen LogP contribution in [0.25, 0.3) is 0 Å². The fourth-order valence-electron chi connectivity index (χ4n) is 3.06. The number of likely N-dealkylation sites (N-methyl/N-ethyl adjacent to an activating group) is 2. The SMILES string of the molecule is CCNc1ncc2c(n1)N(C)CCN(c1cccc(CCNC)c1)C2=O. The number of hydrogen-bond donors (Lipinski definition) is 2. The number of fused-ring (bicyclic) bond motifs is 1. The van der Waals surface area contributed by atoms with Crippen molar-refractivity contribution in [3.63, 3.8) is 0 Å². The lowest BCUT2D eigenvalue weighted by Crippen LogP contribution is -2.33. The molecule has 0 atom stereocenters. The lowest BCUT2D eigenvalue weighted by molar-refractivity contribution is 0.0989. The van der Waals surface area contributed by atoms with Crippen LogP contribution in [0.1, 0.15) is 22.8 Å². The van der Waals surface area contributed by atoms with Crippen LogP contribution < -0.4 is 20.4 Å². The van der Waals surface area contributed by atoms with Crippen molar-refractivity contribution in [1.29, 1.82) is 0 Å². The van der Waals surface area contributed by atoms with Gasteiger partial charge in [-0.1, -0.05) is 12.1 Å². The van der Waals surface area contributed by atoms with Crippen LogP contribution >= 0.6 is 0 Å². The zero-order chi connectivity index (χ0) is 18.5. The highest BCUT2D eigenvalue weighted by Gasteiger charge is 2.28. The molecule has 0 aliphatic carbocycles. The van der Waals surface area contributed by atoms with E-state index in [1.54, 1.807) is 6.20 Å². The van der Waals surface area contributed by atoms with Crippen LogP contribution in [0.3, 0.4) is 0 Å². The summed E-state index contributed by atoms with van der Waals surface area (Å²) < 4.78 is 0. The fourth-order valence-corrected chi connectivity index (χ4v) is 3.06. The van der Waals surface area contributed by atoms with Crippen LogP contribution in [0.2, 0.25) is 0 Å². The lowest BCUT2D eigenvalue weighted by Gasteiger charge is -2.21. The first-order valence-electron chi connectivity index (χ1n) is 9.01. The van der Waals surface area contributed by atoms with E-state index in [1.807, 2.05) is 43.0 Å². The number of hydrogen-bond acceptors (Lipinski definition) is 6. The third-order valence-corrected chi connectivity index (χ3v) is 4.49. The zero-order valence-corrected chi connectivity index (χ0v) is 15.6. The van der Waals surface area contributed by atoms with Crippen molar-refractivity contribution in [2.24, 2.45) is 0 Å². The van der Waals surface area contributed by atoms with Crippen molar-refractivity contribution < 1.29 is 4.79 Å². The number of carbonyl (C=O) groups excluding carboxylic acids is 1. The Kier molecular flexibility index (Phi) is 5.68. The van der Waals surface area contributed by atoms with E-state index >= 15 is 0 Å². The van der Waals surface area contributed by atoms with Gasteiger partial charge in [-0.2, -0.15) is 4.98 Å². The Morgan fingerprint density at radius 3 is 2.88 bits per heavy atom. The molecule has 7 heteroatoms. The molecule has 26 heavy (non-hydrogen) atoms. The van der Waals surface area contributed by atoms with Gasteiger partial charge in [0, 0.05) is 38.6 Å². The first-order valence-corrected chi connectivity index (χ1v) is 9.01. The monoisotopic (exact) mass is 354 g/mol. The Labute approximate surface area is 154 Å². The topological polar surface area (TPSA) is 73.4 Å². The normalized spacial score (nSPS) is 14.2. The second kappa shape index (κ2) is 8.14. The Hall–Kier alpha value is -2.67. The highest BCUT2D eigenvalue weighted by atomic mass is 16.2. The molecule has 2 N–H and O–H groups in total. The van der Waals surface area contributed by atoms with Crippen molar-refractivity contribution in [3.8, 4) is 0 Å². The maximum atomic E-state index is 13.2. The van der Waals surface area contributed by atoms with E-state index in [-0.39, 0.29) is 5.91 Å². The Morgan fingerprint density at radius 1 is 1.27 bits per heavy atom. The molecular formula is C19H26N6O. The second-order valence-corrected chi connectivity index (χ2v) is 6.36. The predicted molar refractivity (Wildman–Crippen MR) is 105 cm³/mol. The van der Waals surface area contributed by atoms with E-state index in [9.17, 15) is 4.79 Å². The molecule has 138 valence electrons. The molecule has 3 rings (SSSR count). The number of carbonyl (C=O) groups is 1. The van der Waals surface area contributed by atoms with Crippen LogP contribution in [0.4, 0.5) is 17.5 Å². The molecule has 0 unspecified atom stereocenters. The average molecular weight is 354 g/mol. The number of benzene rings is 1. The summed E-state index contributed by atoms with van der Waals surface area (Å²) in [5, 5.41) is 6.26. The average Bonchev–Trinajstić information content (AvgIpc) is 2.78. The molecule has 2 heterocycles. The Bertz CT molecular complexity index is 778. The summed E-state index contributed by atoms with van der Waals surface area (Å²) in [6.07, 6.45) is 2.56. The standard InChI is InChI=1S/C19H26N6O/c1-4-21-19-22-13-16-17(23-19)24(3)10-11-25(18(16)26)15-7-5-6-14(12-15)8-9-20-2/h5-7,12-13,20H,4,8-11H2,1-3H3,(H,21,22,23). The molecular weight excluding hydrogens is 328 g/mol. The molecule has 0 bridgehead atoms. The number of anilines is 3. The van der Waals surface area contributed by atoms with Crippen LogP contribution in [0, 0.1) is 0 Å². The fraction of sp³-hybridized carbons (Fsp3) is 0.421. The molecule has 1 aromatic carbocycles. The summed E-state index contributed by atoms with van der Waals surface area (Å²) in [5.74, 6) is 1.17. The van der Waals surface area contributed by atoms with E-state index in [2.05, 4.69) is 32.7 Å². The molecule has 2 aromatic rings. The van der Waals surface area contributed by atoms with Crippen LogP contribution in [0.15, 0.2) is 30.5 Å². The first kappa shape index (κ1) is 18.1. The summed E-state index contributed by atoms with van der Waals surface area (Å²) in [6, 6.07) is 8.18. The number of rotatable bonds is 6. The lowest BCUT2D eigenvalue weighted by atomic mass is 10.1. The van der Waals surface area contributed by atoms with Gasteiger partial charge < -0.3 is 20.4 Å². The number of amides is 1. The van der Waals surface area contributed by atoms with Crippen molar-refractivity contribution in [2.75, 3.05) is 55.4 Å². The Balaban J connectivity index is 1.92.